The molecule has 7 heteroatoms. The largest absolute Gasteiger partial charge is 0.480 e. The van der Waals surface area contributed by atoms with Gasteiger partial charge in [-0.1, -0.05) is 35.9 Å². The van der Waals surface area contributed by atoms with Gasteiger partial charge >= 0.3 is 12.0 Å². The van der Waals surface area contributed by atoms with Crippen LogP contribution < -0.4 is 5.32 Å². The van der Waals surface area contributed by atoms with Crippen molar-refractivity contribution in [2.24, 2.45) is 0 Å². The number of nitrogens with zero attached hydrogens (tertiary/aromatic N) is 1. The van der Waals surface area contributed by atoms with Gasteiger partial charge in [0.15, 0.2) is 0 Å². The van der Waals surface area contributed by atoms with Crippen LogP contribution in [-0.4, -0.2) is 45.7 Å². The normalized spacial score (nSPS) is 22.9. The first-order chi connectivity index (χ1) is 8.47. The molecule has 0 aliphatic carbocycles. The summed E-state index contributed by atoms with van der Waals surface area (Å²) >= 11 is 4.68. The second kappa shape index (κ2) is 7.04. The molecule has 1 fully saturated rings. The molecule has 2 unspecified atom stereocenters. The van der Waals surface area contributed by atoms with Crippen LogP contribution in [0.2, 0.25) is 0 Å². The van der Waals surface area contributed by atoms with Gasteiger partial charge in [-0.2, -0.15) is 0 Å². The molecule has 0 radical (unpaired) electrons. The number of carbonyl (C=O) groups excluding carboxylic acids is 1. The number of urea groups is 1. The Morgan fingerprint density at radius 1 is 1.61 bits per heavy atom. The van der Waals surface area contributed by atoms with Crippen LogP contribution in [0.3, 0.4) is 0 Å². The van der Waals surface area contributed by atoms with Gasteiger partial charge < -0.3 is 10.4 Å². The van der Waals surface area contributed by atoms with Crippen molar-refractivity contribution < 1.29 is 14.7 Å². The third kappa shape index (κ3) is 3.91. The van der Waals surface area contributed by atoms with E-state index in [1.165, 1.54) is 16.7 Å². The molecule has 0 aromatic rings. The minimum atomic E-state index is -0.950. The van der Waals surface area contributed by atoms with Crippen molar-refractivity contribution in [1.82, 2.24) is 10.2 Å². The molecule has 5 nitrogen and oxygen atoms in total. The summed E-state index contributed by atoms with van der Waals surface area (Å²) in [5.41, 5.74) is 0. The summed E-state index contributed by atoms with van der Waals surface area (Å²) in [5, 5.41) is 11.7. The first-order valence-corrected chi connectivity index (χ1v) is 7.55. The van der Waals surface area contributed by atoms with E-state index < -0.39 is 12.0 Å². The molecule has 102 valence electrons. The number of rotatable bonds is 5. The molecule has 2 atom stereocenters. The molecule has 1 saturated heterocycles. The minimum Gasteiger partial charge on any atom is -0.480 e. The number of carbonyl (C=O) groups is 2. The highest BCUT2D eigenvalue weighted by molar-refractivity contribution is 9.11. The van der Waals surface area contributed by atoms with Crippen molar-refractivity contribution in [1.29, 1.82) is 0 Å². The Kier molecular flexibility index (Phi) is 6.01. The molecule has 0 bridgehead atoms. The first kappa shape index (κ1) is 15.4. The summed E-state index contributed by atoms with van der Waals surface area (Å²) in [6, 6.07) is -1.08. The van der Waals surface area contributed by atoms with Crippen LogP contribution in [0.5, 0.6) is 0 Å². The van der Waals surface area contributed by atoms with Crippen molar-refractivity contribution in [2.75, 3.05) is 12.3 Å². The lowest BCUT2D eigenvalue weighted by atomic mass is 10.2. The van der Waals surface area contributed by atoms with Gasteiger partial charge in [0, 0.05) is 10.2 Å². The zero-order chi connectivity index (χ0) is 13.7. The van der Waals surface area contributed by atoms with Crippen molar-refractivity contribution in [3.05, 3.63) is 11.1 Å². The van der Waals surface area contributed by atoms with E-state index in [1.807, 2.05) is 6.92 Å². The second-order valence-electron chi connectivity index (χ2n) is 4.01. The number of halogens is 1. The van der Waals surface area contributed by atoms with Crippen LogP contribution in [0.4, 0.5) is 4.79 Å². The SMILES string of the molecule is C=C(Br)CNC(=O)N1C(CCC)SCC1C(=O)O. The summed E-state index contributed by atoms with van der Waals surface area (Å²) in [5.74, 6) is -0.503. The van der Waals surface area contributed by atoms with Crippen molar-refractivity contribution in [2.45, 2.75) is 31.2 Å². The van der Waals surface area contributed by atoms with Crippen molar-refractivity contribution >= 4 is 39.7 Å². The summed E-state index contributed by atoms with van der Waals surface area (Å²) in [6.07, 6.45) is 1.72. The van der Waals surface area contributed by atoms with Crippen LogP contribution in [0.1, 0.15) is 19.8 Å². The number of amides is 2. The quantitative estimate of drug-likeness (QED) is 0.807. The Hall–Kier alpha value is -0.690. The summed E-state index contributed by atoms with van der Waals surface area (Å²) < 4.78 is 0.654. The number of aliphatic carboxylic acids is 1. The monoisotopic (exact) mass is 336 g/mol. The number of carboxylic acids is 1. The lowest BCUT2D eigenvalue weighted by Gasteiger charge is -2.27. The molecule has 1 aliphatic heterocycles. The highest BCUT2D eigenvalue weighted by Crippen LogP contribution is 2.32. The summed E-state index contributed by atoms with van der Waals surface area (Å²) in [6.45, 7) is 5.94. The fraction of sp³-hybridized carbons (Fsp3) is 0.636. The average Bonchev–Trinajstić information content (AvgIpc) is 2.70. The molecular formula is C11H17BrN2O3S. The fourth-order valence-corrected chi connectivity index (χ4v) is 3.41. The van der Waals surface area contributed by atoms with Gasteiger partial charge in [0.2, 0.25) is 0 Å². The highest BCUT2D eigenvalue weighted by Gasteiger charge is 2.41. The lowest BCUT2D eigenvalue weighted by molar-refractivity contribution is -0.141. The fourth-order valence-electron chi connectivity index (χ4n) is 1.76. The van der Waals surface area contributed by atoms with Gasteiger partial charge in [-0.3, -0.25) is 4.90 Å². The van der Waals surface area contributed by atoms with E-state index in [0.717, 1.165) is 12.8 Å². The summed E-state index contributed by atoms with van der Waals surface area (Å²) in [4.78, 5) is 24.6. The Labute approximate surface area is 119 Å². The van der Waals surface area contributed by atoms with Gasteiger partial charge in [0.1, 0.15) is 6.04 Å². The number of hydrogen-bond acceptors (Lipinski definition) is 3. The molecule has 0 saturated carbocycles. The van der Waals surface area contributed by atoms with E-state index in [9.17, 15) is 9.59 Å². The number of carboxylic acid groups (broad SMARTS) is 1. The van der Waals surface area contributed by atoms with Crippen LogP contribution >= 0.6 is 27.7 Å². The van der Waals surface area contributed by atoms with Gasteiger partial charge in [-0.15, -0.1) is 11.8 Å². The number of nitrogens with one attached hydrogen (secondary N) is 1. The molecule has 2 amide bonds. The maximum absolute atomic E-state index is 12.0. The maximum atomic E-state index is 12.0. The number of thioether (sulfide) groups is 1. The smallest absolute Gasteiger partial charge is 0.327 e. The molecule has 2 N–H and O–H groups in total. The third-order valence-corrected chi connectivity index (χ3v) is 4.22. The van der Waals surface area contributed by atoms with E-state index in [2.05, 4.69) is 27.8 Å². The molecule has 0 aromatic heterocycles. The Morgan fingerprint density at radius 2 is 2.28 bits per heavy atom. The van der Waals surface area contributed by atoms with Crippen LogP contribution in [0, 0.1) is 0 Å². The summed E-state index contributed by atoms with van der Waals surface area (Å²) in [7, 11) is 0. The van der Waals surface area contributed by atoms with E-state index in [-0.39, 0.29) is 11.4 Å². The topological polar surface area (TPSA) is 69.6 Å². The van der Waals surface area contributed by atoms with Crippen molar-refractivity contribution in [3.8, 4) is 0 Å². The van der Waals surface area contributed by atoms with Gasteiger partial charge in [0.25, 0.3) is 0 Å². The zero-order valence-corrected chi connectivity index (χ0v) is 12.6. The molecule has 0 aromatic carbocycles. The van der Waals surface area contributed by atoms with Crippen LogP contribution in [-0.2, 0) is 4.79 Å². The predicted molar refractivity (Wildman–Crippen MR) is 75.9 cm³/mol. The minimum absolute atomic E-state index is 0.0558. The van der Waals surface area contributed by atoms with Gasteiger partial charge in [-0.05, 0) is 6.42 Å². The Bertz CT molecular complexity index is 351. The highest BCUT2D eigenvalue weighted by atomic mass is 79.9. The Morgan fingerprint density at radius 3 is 2.78 bits per heavy atom. The predicted octanol–water partition coefficient (Wildman–Crippen LogP) is 2.23. The lowest BCUT2D eigenvalue weighted by Crippen LogP contribution is -2.50. The average molecular weight is 337 g/mol. The molecule has 1 aliphatic rings. The molecular weight excluding hydrogens is 320 g/mol. The molecule has 1 heterocycles. The van der Waals surface area contributed by atoms with E-state index in [4.69, 9.17) is 5.11 Å². The van der Waals surface area contributed by atoms with Crippen LogP contribution in [0.15, 0.2) is 11.1 Å². The zero-order valence-electron chi connectivity index (χ0n) is 10.2. The van der Waals surface area contributed by atoms with E-state index in [0.29, 0.717) is 16.8 Å². The number of hydrogen-bond donors (Lipinski definition) is 2. The standard InChI is InChI=1S/C11H17BrN2O3S/c1-3-4-9-14(8(6-18-9)10(15)16)11(17)13-5-7(2)12/h8-9H,2-6H2,1H3,(H,13,17)(H,15,16). The van der Waals surface area contributed by atoms with E-state index >= 15 is 0 Å². The van der Waals surface area contributed by atoms with Gasteiger partial charge in [-0.25, -0.2) is 9.59 Å². The second-order valence-corrected chi connectivity index (χ2v) is 6.35. The van der Waals surface area contributed by atoms with Crippen molar-refractivity contribution in [3.63, 3.8) is 0 Å². The van der Waals surface area contributed by atoms with Crippen LogP contribution in [0.25, 0.3) is 0 Å². The third-order valence-electron chi connectivity index (χ3n) is 2.58. The molecule has 18 heavy (non-hydrogen) atoms. The molecule has 0 spiro atoms. The Balaban J connectivity index is 2.72. The molecule has 1 rings (SSSR count). The first-order valence-electron chi connectivity index (χ1n) is 5.71. The van der Waals surface area contributed by atoms with E-state index in [1.54, 1.807) is 0 Å². The maximum Gasteiger partial charge on any atom is 0.327 e. The van der Waals surface area contributed by atoms with Gasteiger partial charge in [0.05, 0.1) is 11.9 Å².